The molecule has 5 nitrogen and oxygen atoms in total. The SMILES string of the molecule is CCc1cc(C)cc(CC)c1C1=C(OS(=O)(=O)CC(F)(F)F)CC2(CCOCC2)CC1=O. The lowest BCUT2D eigenvalue weighted by Crippen LogP contribution is -2.37. The molecule has 32 heavy (non-hydrogen) atoms. The van der Waals surface area contributed by atoms with Gasteiger partial charge in [0.1, 0.15) is 5.76 Å². The molecule has 0 bridgehead atoms. The van der Waals surface area contributed by atoms with E-state index in [0.29, 0.717) is 44.5 Å². The van der Waals surface area contributed by atoms with Gasteiger partial charge in [-0.3, -0.25) is 4.79 Å². The number of hydrogen-bond donors (Lipinski definition) is 0. The summed E-state index contributed by atoms with van der Waals surface area (Å²) in [4.78, 5) is 13.5. The number of benzene rings is 1. The molecule has 0 radical (unpaired) electrons. The van der Waals surface area contributed by atoms with Crippen LogP contribution in [0.5, 0.6) is 0 Å². The summed E-state index contributed by atoms with van der Waals surface area (Å²) in [5.74, 6) is -2.56. The molecule has 0 atom stereocenters. The zero-order valence-corrected chi connectivity index (χ0v) is 19.4. The van der Waals surface area contributed by atoms with E-state index in [0.717, 1.165) is 16.7 Å². The third kappa shape index (κ3) is 5.54. The van der Waals surface area contributed by atoms with Crippen LogP contribution in [0.4, 0.5) is 13.2 Å². The van der Waals surface area contributed by atoms with Gasteiger partial charge in [0.2, 0.25) is 0 Å². The van der Waals surface area contributed by atoms with Crippen molar-refractivity contribution in [2.24, 2.45) is 5.41 Å². The van der Waals surface area contributed by atoms with Crippen molar-refractivity contribution in [2.45, 2.75) is 65.5 Å². The van der Waals surface area contributed by atoms with Gasteiger partial charge in [-0.15, -0.1) is 0 Å². The summed E-state index contributed by atoms with van der Waals surface area (Å²) in [6.07, 6.45) is -2.44. The van der Waals surface area contributed by atoms with Crippen molar-refractivity contribution in [1.82, 2.24) is 0 Å². The maximum absolute atomic E-state index is 13.5. The topological polar surface area (TPSA) is 69.7 Å². The van der Waals surface area contributed by atoms with Gasteiger partial charge in [-0.05, 0) is 54.7 Å². The summed E-state index contributed by atoms with van der Waals surface area (Å²) in [6, 6.07) is 3.85. The van der Waals surface area contributed by atoms with Gasteiger partial charge in [-0.1, -0.05) is 31.5 Å². The largest absolute Gasteiger partial charge is 0.406 e. The minimum Gasteiger partial charge on any atom is -0.386 e. The highest BCUT2D eigenvalue weighted by Crippen LogP contribution is 2.49. The van der Waals surface area contributed by atoms with Crippen molar-refractivity contribution < 1.29 is 35.3 Å². The second-order valence-electron chi connectivity index (χ2n) is 8.75. The molecule has 1 heterocycles. The lowest BCUT2D eigenvalue weighted by atomic mass is 9.67. The number of halogens is 3. The maximum Gasteiger partial charge on any atom is 0.406 e. The van der Waals surface area contributed by atoms with Gasteiger partial charge in [-0.2, -0.15) is 21.6 Å². The Balaban J connectivity index is 2.20. The molecule has 178 valence electrons. The second kappa shape index (κ2) is 9.17. The highest BCUT2D eigenvalue weighted by Gasteiger charge is 2.45. The lowest BCUT2D eigenvalue weighted by Gasteiger charge is -2.41. The van der Waals surface area contributed by atoms with E-state index in [-0.39, 0.29) is 30.0 Å². The number of carbonyl (C=O) groups excluding carboxylic acids is 1. The molecular weight excluding hydrogens is 445 g/mol. The maximum atomic E-state index is 13.5. The Bertz CT molecular complexity index is 994. The zero-order chi connectivity index (χ0) is 23.7. The molecule has 2 aliphatic rings. The standard InChI is InChI=1S/C23H29F3O5S/c1-4-16-10-15(3)11-17(5-2)20(16)21-18(27)12-22(6-8-30-9-7-22)13-19(21)31-32(28,29)14-23(24,25)26/h10-11H,4-9,12-14H2,1-3H3. The van der Waals surface area contributed by atoms with Crippen LogP contribution < -0.4 is 0 Å². The van der Waals surface area contributed by atoms with E-state index >= 15 is 0 Å². The Morgan fingerprint density at radius 1 is 1.06 bits per heavy atom. The van der Waals surface area contributed by atoms with Gasteiger partial charge in [0.05, 0.1) is 5.57 Å². The van der Waals surface area contributed by atoms with Crippen molar-refractivity contribution in [3.8, 4) is 0 Å². The molecule has 1 spiro atoms. The number of alkyl halides is 3. The molecule has 3 rings (SSSR count). The van der Waals surface area contributed by atoms with Gasteiger partial charge < -0.3 is 8.92 Å². The number of ketones is 1. The monoisotopic (exact) mass is 474 g/mol. The van der Waals surface area contributed by atoms with Crippen LogP contribution in [0.15, 0.2) is 17.9 Å². The minimum absolute atomic E-state index is 0.0920. The van der Waals surface area contributed by atoms with Gasteiger partial charge in [0.25, 0.3) is 0 Å². The number of hydrogen-bond acceptors (Lipinski definition) is 5. The third-order valence-electron chi connectivity index (χ3n) is 6.21. The van der Waals surface area contributed by atoms with Crippen LogP contribution in [0.2, 0.25) is 0 Å². The van der Waals surface area contributed by atoms with Crippen molar-refractivity contribution in [1.29, 1.82) is 0 Å². The molecule has 0 aromatic heterocycles. The van der Waals surface area contributed by atoms with E-state index in [1.54, 1.807) is 0 Å². The third-order valence-corrected chi connectivity index (χ3v) is 7.34. The van der Waals surface area contributed by atoms with Crippen LogP contribution in [0.25, 0.3) is 5.57 Å². The summed E-state index contributed by atoms with van der Waals surface area (Å²) < 4.78 is 73.8. The van der Waals surface area contributed by atoms with Crippen LogP contribution >= 0.6 is 0 Å². The first-order valence-electron chi connectivity index (χ1n) is 10.8. The molecule has 1 aliphatic carbocycles. The van der Waals surface area contributed by atoms with Crippen molar-refractivity contribution in [2.75, 3.05) is 19.0 Å². The quantitative estimate of drug-likeness (QED) is 0.549. The number of Topliss-reactive ketones (excluding diaryl/α,β-unsaturated/α-hetero) is 1. The fourth-order valence-corrected chi connectivity index (χ4v) is 5.70. The summed E-state index contributed by atoms with van der Waals surface area (Å²) in [7, 11) is -4.97. The van der Waals surface area contributed by atoms with Gasteiger partial charge in [0, 0.05) is 26.1 Å². The van der Waals surface area contributed by atoms with Crippen LogP contribution in [-0.4, -0.2) is 39.3 Å². The van der Waals surface area contributed by atoms with Gasteiger partial charge in [-0.25, -0.2) is 0 Å². The Kier molecular flexibility index (Phi) is 7.10. The Morgan fingerprint density at radius 3 is 2.12 bits per heavy atom. The average Bonchev–Trinajstić information content (AvgIpc) is 2.66. The predicted octanol–water partition coefficient (Wildman–Crippen LogP) is 4.90. The second-order valence-corrected chi connectivity index (χ2v) is 10.3. The highest BCUT2D eigenvalue weighted by atomic mass is 32.2. The predicted molar refractivity (Wildman–Crippen MR) is 115 cm³/mol. The number of ether oxygens (including phenoxy) is 1. The molecule has 0 saturated carbocycles. The molecular formula is C23H29F3O5S. The molecule has 1 fully saturated rings. The Morgan fingerprint density at radius 2 is 1.62 bits per heavy atom. The molecule has 1 saturated heterocycles. The number of aryl methyl sites for hydroxylation is 3. The first kappa shape index (κ1) is 24.8. The van der Waals surface area contributed by atoms with E-state index in [2.05, 4.69) is 0 Å². The molecule has 1 aliphatic heterocycles. The van der Waals surface area contributed by atoms with Gasteiger partial charge >= 0.3 is 16.3 Å². The number of carbonyl (C=O) groups is 1. The van der Waals surface area contributed by atoms with E-state index in [1.165, 1.54) is 0 Å². The summed E-state index contributed by atoms with van der Waals surface area (Å²) in [6.45, 7) is 6.60. The summed E-state index contributed by atoms with van der Waals surface area (Å²) in [5, 5.41) is 0. The highest BCUT2D eigenvalue weighted by molar-refractivity contribution is 7.86. The van der Waals surface area contributed by atoms with Crippen molar-refractivity contribution >= 4 is 21.5 Å². The average molecular weight is 475 g/mol. The number of rotatable bonds is 6. The zero-order valence-electron chi connectivity index (χ0n) is 18.6. The smallest absolute Gasteiger partial charge is 0.386 e. The summed E-state index contributed by atoms with van der Waals surface area (Å²) in [5.41, 5.74) is 2.85. The van der Waals surface area contributed by atoms with E-state index in [4.69, 9.17) is 8.92 Å². The molecule has 0 N–H and O–H groups in total. The fourth-order valence-electron chi connectivity index (χ4n) is 4.79. The Hall–Kier alpha value is -1.87. The molecule has 0 unspecified atom stereocenters. The van der Waals surface area contributed by atoms with E-state index in [1.807, 2.05) is 32.9 Å². The fraction of sp³-hybridized carbons (Fsp3) is 0.609. The molecule has 9 heteroatoms. The van der Waals surface area contributed by atoms with Gasteiger partial charge in [0.15, 0.2) is 11.5 Å². The van der Waals surface area contributed by atoms with E-state index < -0.39 is 27.5 Å². The van der Waals surface area contributed by atoms with Crippen LogP contribution in [-0.2, 0) is 36.7 Å². The molecule has 0 amide bonds. The Labute approximate surface area is 187 Å². The van der Waals surface area contributed by atoms with Crippen LogP contribution in [0.1, 0.15) is 61.8 Å². The molecule has 1 aromatic rings. The lowest BCUT2D eigenvalue weighted by molar-refractivity contribution is -0.118. The minimum atomic E-state index is -4.97. The van der Waals surface area contributed by atoms with Crippen molar-refractivity contribution in [3.63, 3.8) is 0 Å². The first-order chi connectivity index (χ1) is 14.9. The van der Waals surface area contributed by atoms with Crippen LogP contribution in [0.3, 0.4) is 0 Å². The van der Waals surface area contributed by atoms with Crippen molar-refractivity contribution in [3.05, 3.63) is 40.1 Å². The first-order valence-corrected chi connectivity index (χ1v) is 12.4. The molecule has 1 aromatic carbocycles. The number of allylic oxidation sites excluding steroid dienone is 2. The van der Waals surface area contributed by atoms with Crippen LogP contribution in [0, 0.1) is 12.3 Å². The summed E-state index contributed by atoms with van der Waals surface area (Å²) >= 11 is 0. The normalized spacial score (nSPS) is 19.5. The van der Waals surface area contributed by atoms with E-state index in [9.17, 15) is 26.4 Å².